The molecule has 5 rings (SSSR count). The number of benzene rings is 1. The highest BCUT2D eigenvalue weighted by Gasteiger charge is 2.34. The van der Waals surface area contributed by atoms with Gasteiger partial charge in [0.1, 0.15) is 11.4 Å². The number of carbonyl (C=O) groups is 1. The van der Waals surface area contributed by atoms with E-state index in [1.165, 1.54) is 0 Å². The van der Waals surface area contributed by atoms with Gasteiger partial charge in [-0.1, -0.05) is 0 Å². The molecule has 33 heavy (non-hydrogen) atoms. The number of anilines is 3. The lowest BCUT2D eigenvalue weighted by Gasteiger charge is -2.38. The minimum atomic E-state index is -0.792. The maximum atomic E-state index is 14.9. The first-order chi connectivity index (χ1) is 15.8. The number of nitrogens with one attached hydrogen (secondary N) is 2. The molecule has 1 saturated heterocycles. The van der Waals surface area contributed by atoms with Crippen molar-refractivity contribution in [2.24, 2.45) is 5.73 Å². The van der Waals surface area contributed by atoms with Crippen molar-refractivity contribution in [3.05, 3.63) is 35.3 Å². The van der Waals surface area contributed by atoms with E-state index in [-0.39, 0.29) is 11.7 Å². The van der Waals surface area contributed by atoms with Crippen LogP contribution in [0.3, 0.4) is 0 Å². The predicted octanol–water partition coefficient (Wildman–Crippen LogP) is 3.44. The Kier molecular flexibility index (Phi) is 5.00. The zero-order chi connectivity index (χ0) is 23.2. The molecule has 1 aromatic carbocycles. The number of piperidine rings is 1. The molecule has 3 aromatic rings. The number of H-pyrrole nitrogens is 1. The van der Waals surface area contributed by atoms with Crippen LogP contribution in [0.25, 0.3) is 10.9 Å². The largest absolute Gasteiger partial charge is 0.443 e. The second-order valence-electron chi connectivity index (χ2n) is 8.77. The monoisotopic (exact) mass is 450 g/mol. The lowest BCUT2D eigenvalue weighted by Crippen LogP contribution is -2.46. The summed E-state index contributed by atoms with van der Waals surface area (Å²) in [5, 5.41) is 19.8. The third-order valence-electron chi connectivity index (χ3n) is 6.22. The number of aromatic nitrogens is 4. The van der Waals surface area contributed by atoms with Gasteiger partial charge in [0, 0.05) is 37.2 Å². The lowest BCUT2D eigenvalue weighted by atomic mass is 9.93. The van der Waals surface area contributed by atoms with Gasteiger partial charge in [0.15, 0.2) is 11.6 Å². The molecule has 2 aliphatic rings. The normalized spacial score (nSPS) is 17.5. The number of hydrogen-bond acceptors (Lipinski definition) is 8. The first-order valence-electron chi connectivity index (χ1n) is 10.8. The van der Waals surface area contributed by atoms with Gasteiger partial charge in [-0.2, -0.15) is 15.3 Å². The first-order valence-corrected chi connectivity index (χ1v) is 10.8. The number of amides is 1. The van der Waals surface area contributed by atoms with E-state index in [0.717, 1.165) is 12.8 Å². The van der Waals surface area contributed by atoms with Crippen LogP contribution < -0.4 is 16.0 Å². The minimum Gasteiger partial charge on any atom is -0.443 e. The van der Waals surface area contributed by atoms with Crippen molar-refractivity contribution in [2.45, 2.75) is 44.1 Å². The summed E-state index contributed by atoms with van der Waals surface area (Å²) < 4.78 is 20.2. The van der Waals surface area contributed by atoms with Gasteiger partial charge in [0.05, 0.1) is 22.8 Å². The van der Waals surface area contributed by atoms with Gasteiger partial charge < -0.3 is 20.7 Å². The Labute approximate surface area is 188 Å². The Balaban J connectivity index is 1.48. The fourth-order valence-electron chi connectivity index (χ4n) is 4.13. The molecule has 11 heteroatoms. The minimum absolute atomic E-state index is 0.0614. The zero-order valence-corrected chi connectivity index (χ0v) is 18.1. The number of carbonyl (C=O) groups excluding carboxylic acids is 1. The topological polar surface area (TPSA) is 146 Å². The Morgan fingerprint density at radius 3 is 2.76 bits per heavy atom. The first kappa shape index (κ1) is 20.9. The van der Waals surface area contributed by atoms with Crippen LogP contribution in [0.5, 0.6) is 0 Å². The number of nitriles is 1. The smallest absolute Gasteiger partial charge is 0.405 e. The van der Waals surface area contributed by atoms with Crippen molar-refractivity contribution in [3.8, 4) is 6.07 Å². The van der Waals surface area contributed by atoms with Crippen molar-refractivity contribution >= 4 is 34.6 Å². The van der Waals surface area contributed by atoms with Crippen LogP contribution in [0.2, 0.25) is 0 Å². The summed E-state index contributed by atoms with van der Waals surface area (Å²) in [6.07, 6.45) is 2.22. The van der Waals surface area contributed by atoms with Crippen LogP contribution in [0.4, 0.5) is 26.8 Å². The molecule has 0 spiro atoms. The van der Waals surface area contributed by atoms with Crippen molar-refractivity contribution in [2.75, 3.05) is 23.3 Å². The van der Waals surface area contributed by atoms with Crippen LogP contribution in [-0.2, 0) is 4.74 Å². The van der Waals surface area contributed by atoms with E-state index >= 15 is 0 Å². The molecule has 10 nitrogen and oxygen atoms in total. The van der Waals surface area contributed by atoms with Crippen LogP contribution in [0.1, 0.15) is 49.8 Å². The maximum Gasteiger partial charge on any atom is 0.405 e. The molecule has 0 atom stereocenters. The van der Waals surface area contributed by atoms with E-state index in [4.69, 9.17) is 10.5 Å². The Morgan fingerprint density at radius 2 is 2.09 bits per heavy atom. The lowest BCUT2D eigenvalue weighted by molar-refractivity contribution is 0.0125. The van der Waals surface area contributed by atoms with E-state index < -0.39 is 17.5 Å². The van der Waals surface area contributed by atoms with Crippen molar-refractivity contribution in [1.82, 2.24) is 20.2 Å². The zero-order valence-electron chi connectivity index (χ0n) is 18.1. The molecule has 1 amide bonds. The van der Waals surface area contributed by atoms with Gasteiger partial charge in [0.2, 0.25) is 5.95 Å². The van der Waals surface area contributed by atoms with E-state index in [2.05, 4.69) is 31.6 Å². The van der Waals surface area contributed by atoms with Gasteiger partial charge in [0.25, 0.3) is 0 Å². The standard InChI is InChI=1S/C22H23FN8O2/c1-22(33-20(25)32)6-8-31(9-7-22)21-26-15-5-2-12(11-24)10-14(15)18(28-21)27-19-16(23)17(29-30-19)13-3-4-13/h2,5,10,13H,3-4,6-9H2,1H3,(H2,25,32)(H2,26,27,28,29,30). The molecular weight excluding hydrogens is 427 g/mol. The molecule has 0 bridgehead atoms. The molecule has 3 heterocycles. The molecule has 1 aliphatic heterocycles. The van der Waals surface area contributed by atoms with Crippen LogP contribution in [0.15, 0.2) is 18.2 Å². The van der Waals surface area contributed by atoms with Gasteiger partial charge in [-0.3, -0.25) is 5.10 Å². The number of fused-ring (bicyclic) bond motifs is 1. The van der Waals surface area contributed by atoms with E-state index in [1.807, 2.05) is 11.8 Å². The number of halogens is 1. The summed E-state index contributed by atoms with van der Waals surface area (Å²) in [7, 11) is 0. The number of primary amides is 1. The van der Waals surface area contributed by atoms with Crippen molar-refractivity contribution in [3.63, 3.8) is 0 Å². The number of hydrogen-bond donors (Lipinski definition) is 3. The molecule has 2 aromatic heterocycles. The summed E-state index contributed by atoms with van der Waals surface area (Å²) in [4.78, 5) is 22.5. The highest BCUT2D eigenvalue weighted by Crippen LogP contribution is 2.42. The summed E-state index contributed by atoms with van der Waals surface area (Å²) in [5.41, 5.74) is 6.12. The second-order valence-corrected chi connectivity index (χ2v) is 8.77. The summed E-state index contributed by atoms with van der Waals surface area (Å²) >= 11 is 0. The van der Waals surface area contributed by atoms with E-state index in [0.29, 0.717) is 59.9 Å². The Morgan fingerprint density at radius 1 is 1.33 bits per heavy atom. The molecule has 4 N–H and O–H groups in total. The molecule has 0 unspecified atom stereocenters. The molecule has 1 aliphatic carbocycles. The van der Waals surface area contributed by atoms with Crippen molar-refractivity contribution in [1.29, 1.82) is 5.26 Å². The average molecular weight is 450 g/mol. The Bertz CT molecular complexity index is 1270. The van der Waals surface area contributed by atoms with Gasteiger partial charge in [-0.25, -0.2) is 14.2 Å². The van der Waals surface area contributed by atoms with Gasteiger partial charge in [-0.05, 0) is 38.0 Å². The summed E-state index contributed by atoms with van der Waals surface area (Å²) in [6, 6.07) is 7.20. The number of nitrogens with two attached hydrogens (primary N) is 1. The SMILES string of the molecule is CC1(OC(N)=O)CCN(c2nc(Nc3n[nH]c(C4CC4)c3F)c3cc(C#N)ccc3n2)CC1. The quantitative estimate of drug-likeness (QED) is 0.536. The summed E-state index contributed by atoms with van der Waals surface area (Å²) in [5.74, 6) is 0.642. The summed E-state index contributed by atoms with van der Waals surface area (Å²) in [6.45, 7) is 2.95. The molecule has 2 fully saturated rings. The fourth-order valence-corrected chi connectivity index (χ4v) is 4.13. The van der Waals surface area contributed by atoms with Crippen LogP contribution >= 0.6 is 0 Å². The predicted molar refractivity (Wildman–Crippen MR) is 119 cm³/mol. The van der Waals surface area contributed by atoms with Gasteiger partial charge >= 0.3 is 6.09 Å². The Hall–Kier alpha value is -3.94. The molecular formula is C22H23FN8O2. The fraction of sp³-hybridized carbons (Fsp3) is 0.409. The highest BCUT2D eigenvalue weighted by molar-refractivity contribution is 5.92. The molecule has 0 radical (unpaired) electrons. The van der Waals surface area contributed by atoms with Crippen LogP contribution in [0, 0.1) is 17.1 Å². The maximum absolute atomic E-state index is 14.9. The van der Waals surface area contributed by atoms with Crippen molar-refractivity contribution < 1.29 is 13.9 Å². The van der Waals surface area contributed by atoms with Crippen LogP contribution in [-0.4, -0.2) is 44.9 Å². The average Bonchev–Trinajstić information content (AvgIpc) is 3.57. The highest BCUT2D eigenvalue weighted by atomic mass is 19.1. The number of ether oxygens (including phenoxy) is 1. The van der Waals surface area contributed by atoms with E-state index in [1.54, 1.807) is 18.2 Å². The molecule has 1 saturated carbocycles. The third kappa shape index (κ3) is 4.11. The number of aromatic amines is 1. The van der Waals surface area contributed by atoms with E-state index in [9.17, 15) is 14.4 Å². The molecule has 170 valence electrons. The number of rotatable bonds is 5. The van der Waals surface area contributed by atoms with Gasteiger partial charge in [-0.15, -0.1) is 0 Å². The third-order valence-corrected chi connectivity index (χ3v) is 6.22. The number of nitrogens with zero attached hydrogens (tertiary/aromatic N) is 5. The second kappa shape index (κ2) is 7.88.